The van der Waals surface area contributed by atoms with Crippen LogP contribution in [0.4, 0.5) is 10.5 Å². The number of nitro groups is 1. The summed E-state index contributed by atoms with van der Waals surface area (Å²) < 4.78 is 16.7. The van der Waals surface area contributed by atoms with Gasteiger partial charge in [-0.25, -0.2) is 4.79 Å². The van der Waals surface area contributed by atoms with Gasteiger partial charge in [0, 0.05) is 12.5 Å². The predicted molar refractivity (Wildman–Crippen MR) is 92.8 cm³/mol. The van der Waals surface area contributed by atoms with E-state index in [1.807, 2.05) is 12.2 Å². The van der Waals surface area contributed by atoms with E-state index in [0.717, 1.165) is 0 Å². The fraction of sp³-hybridized carbons (Fsp3) is 0.412. The molecule has 2 heterocycles. The summed E-state index contributed by atoms with van der Waals surface area (Å²) in [7, 11) is 0. The number of carbonyl (C=O) groups excluding carboxylic acids is 2. The molecule has 2 aliphatic heterocycles. The number of urea groups is 1. The number of nitrogens with one attached hydrogen (secondary N) is 2. The molecule has 0 aliphatic carbocycles. The molecule has 10 nitrogen and oxygen atoms in total. The van der Waals surface area contributed by atoms with Crippen LogP contribution in [0.15, 0.2) is 23.9 Å². The highest BCUT2D eigenvalue weighted by atomic mass is 16.7. The van der Waals surface area contributed by atoms with Crippen LogP contribution in [-0.4, -0.2) is 42.5 Å². The lowest BCUT2D eigenvalue weighted by atomic mass is 10.1. The Morgan fingerprint density at radius 3 is 2.67 bits per heavy atom. The van der Waals surface area contributed by atoms with Crippen LogP contribution in [0.5, 0.6) is 5.75 Å². The standard InChI is InChI=1S/C17H19N3O7/c1-17(26-7-8-27-17)5-2-6-25-12-3-4-14(20(23)24)11(9-12)10-13-15(21)19-16(22)18-13/h3-4,9-10H,2,5-8H2,1H3,(H2,18,19,21,22). The van der Waals surface area contributed by atoms with Gasteiger partial charge in [0.1, 0.15) is 11.4 Å². The summed E-state index contributed by atoms with van der Waals surface area (Å²) in [6.07, 6.45) is 2.57. The van der Waals surface area contributed by atoms with Gasteiger partial charge in [0.05, 0.1) is 30.3 Å². The molecular weight excluding hydrogens is 358 g/mol. The molecule has 1 aromatic rings. The van der Waals surface area contributed by atoms with E-state index in [4.69, 9.17) is 14.2 Å². The van der Waals surface area contributed by atoms with E-state index in [2.05, 4.69) is 5.32 Å². The van der Waals surface area contributed by atoms with Gasteiger partial charge in [-0.15, -0.1) is 0 Å². The zero-order chi connectivity index (χ0) is 19.4. The smallest absolute Gasteiger partial charge is 0.326 e. The van der Waals surface area contributed by atoms with Crippen molar-refractivity contribution in [3.8, 4) is 5.75 Å². The van der Waals surface area contributed by atoms with Crippen LogP contribution in [0.2, 0.25) is 0 Å². The molecule has 27 heavy (non-hydrogen) atoms. The molecular formula is C17H19N3O7. The highest BCUT2D eigenvalue weighted by molar-refractivity contribution is 6.14. The zero-order valence-electron chi connectivity index (χ0n) is 14.6. The molecule has 144 valence electrons. The summed E-state index contributed by atoms with van der Waals surface area (Å²) in [6, 6.07) is 3.55. The van der Waals surface area contributed by atoms with Crippen molar-refractivity contribution < 1.29 is 28.7 Å². The van der Waals surface area contributed by atoms with Crippen LogP contribution in [0.1, 0.15) is 25.3 Å². The molecule has 3 rings (SSSR count). The third-order valence-corrected chi connectivity index (χ3v) is 4.16. The van der Waals surface area contributed by atoms with Crippen molar-refractivity contribution in [2.45, 2.75) is 25.6 Å². The summed E-state index contributed by atoms with van der Waals surface area (Å²) in [6.45, 7) is 3.38. The van der Waals surface area contributed by atoms with E-state index in [1.165, 1.54) is 24.3 Å². The normalized spacial score (nSPS) is 19.8. The molecule has 0 atom stereocenters. The minimum absolute atomic E-state index is 0.0660. The number of ether oxygens (including phenoxy) is 3. The van der Waals surface area contributed by atoms with Gasteiger partial charge in [-0.1, -0.05) is 0 Å². The highest BCUT2D eigenvalue weighted by Gasteiger charge is 2.30. The molecule has 0 unspecified atom stereocenters. The molecule has 2 aliphatic rings. The lowest BCUT2D eigenvalue weighted by Gasteiger charge is -2.21. The average molecular weight is 377 g/mol. The van der Waals surface area contributed by atoms with Crippen molar-refractivity contribution in [3.05, 3.63) is 39.6 Å². The van der Waals surface area contributed by atoms with Crippen LogP contribution in [0, 0.1) is 10.1 Å². The Morgan fingerprint density at radius 1 is 1.30 bits per heavy atom. The van der Waals surface area contributed by atoms with Gasteiger partial charge in [-0.2, -0.15) is 0 Å². The van der Waals surface area contributed by atoms with E-state index in [-0.39, 0.29) is 16.9 Å². The first-order valence-corrected chi connectivity index (χ1v) is 8.39. The number of nitrogens with zero attached hydrogens (tertiary/aromatic N) is 1. The molecule has 1 aromatic carbocycles. The molecule has 0 bridgehead atoms. The van der Waals surface area contributed by atoms with Crippen molar-refractivity contribution in [2.75, 3.05) is 19.8 Å². The quantitative estimate of drug-likeness (QED) is 0.243. The zero-order valence-corrected chi connectivity index (χ0v) is 14.6. The van der Waals surface area contributed by atoms with Crippen LogP contribution in [0.25, 0.3) is 6.08 Å². The number of carbonyl (C=O) groups is 2. The van der Waals surface area contributed by atoms with Crippen LogP contribution < -0.4 is 15.4 Å². The Bertz CT molecular complexity index is 800. The number of hydrogen-bond donors (Lipinski definition) is 2. The number of benzene rings is 1. The maximum atomic E-state index is 11.6. The number of nitro benzene ring substituents is 1. The molecule has 10 heteroatoms. The topological polar surface area (TPSA) is 129 Å². The van der Waals surface area contributed by atoms with E-state index in [1.54, 1.807) is 0 Å². The lowest BCUT2D eigenvalue weighted by Crippen LogP contribution is -2.25. The van der Waals surface area contributed by atoms with Gasteiger partial charge < -0.3 is 19.5 Å². The van der Waals surface area contributed by atoms with E-state index >= 15 is 0 Å². The van der Waals surface area contributed by atoms with Gasteiger partial charge in [-0.3, -0.25) is 20.2 Å². The predicted octanol–water partition coefficient (Wildman–Crippen LogP) is 1.70. The SMILES string of the molecule is CC1(CCCOc2ccc([N+](=O)[O-])c(C=C3NC(=O)NC3=O)c2)OCCO1. The van der Waals surface area contributed by atoms with Crippen LogP contribution in [-0.2, 0) is 14.3 Å². The number of amides is 3. The van der Waals surface area contributed by atoms with Crippen molar-refractivity contribution in [2.24, 2.45) is 0 Å². The molecule has 2 fully saturated rings. The second-order valence-electron chi connectivity index (χ2n) is 6.23. The maximum absolute atomic E-state index is 11.6. The molecule has 0 saturated carbocycles. The third kappa shape index (κ3) is 4.60. The van der Waals surface area contributed by atoms with Crippen molar-refractivity contribution in [1.82, 2.24) is 10.6 Å². The third-order valence-electron chi connectivity index (χ3n) is 4.16. The van der Waals surface area contributed by atoms with Gasteiger partial charge in [-0.05, 0) is 31.6 Å². The lowest BCUT2D eigenvalue weighted by molar-refractivity contribution is -0.385. The Kier molecular flexibility index (Phi) is 5.38. The summed E-state index contributed by atoms with van der Waals surface area (Å²) in [5.41, 5.74) is -0.118. The van der Waals surface area contributed by atoms with Crippen molar-refractivity contribution in [1.29, 1.82) is 0 Å². The van der Waals surface area contributed by atoms with E-state index in [9.17, 15) is 19.7 Å². The minimum Gasteiger partial charge on any atom is -0.494 e. The van der Waals surface area contributed by atoms with E-state index < -0.39 is 22.6 Å². The first-order valence-electron chi connectivity index (χ1n) is 8.39. The van der Waals surface area contributed by atoms with Gasteiger partial charge >= 0.3 is 6.03 Å². The Morgan fingerprint density at radius 2 is 2.04 bits per heavy atom. The highest BCUT2D eigenvalue weighted by Crippen LogP contribution is 2.28. The monoisotopic (exact) mass is 377 g/mol. The summed E-state index contributed by atoms with van der Waals surface area (Å²) in [5.74, 6) is -0.830. The van der Waals surface area contributed by atoms with Crippen molar-refractivity contribution >= 4 is 23.7 Å². The number of imide groups is 1. The fourth-order valence-corrected chi connectivity index (χ4v) is 2.83. The second kappa shape index (κ2) is 7.72. The molecule has 0 aromatic heterocycles. The fourth-order valence-electron chi connectivity index (χ4n) is 2.83. The van der Waals surface area contributed by atoms with Crippen molar-refractivity contribution in [3.63, 3.8) is 0 Å². The van der Waals surface area contributed by atoms with Crippen LogP contribution in [0.3, 0.4) is 0 Å². The Balaban J connectivity index is 1.68. The molecule has 0 spiro atoms. The first kappa shape index (κ1) is 18.8. The molecule has 3 amide bonds. The summed E-state index contributed by atoms with van der Waals surface area (Å²) in [5, 5.41) is 15.6. The average Bonchev–Trinajstić information content (AvgIpc) is 3.17. The maximum Gasteiger partial charge on any atom is 0.326 e. The first-order chi connectivity index (χ1) is 12.9. The van der Waals surface area contributed by atoms with Gasteiger partial charge in [0.2, 0.25) is 0 Å². The van der Waals surface area contributed by atoms with Gasteiger partial charge in [0.15, 0.2) is 5.79 Å². The molecule has 2 saturated heterocycles. The second-order valence-corrected chi connectivity index (χ2v) is 6.23. The number of hydrogen-bond acceptors (Lipinski definition) is 7. The number of rotatable bonds is 7. The molecule has 2 N–H and O–H groups in total. The van der Waals surface area contributed by atoms with Gasteiger partial charge in [0.25, 0.3) is 11.6 Å². The minimum atomic E-state index is -0.675. The Hall–Kier alpha value is -2.98. The summed E-state index contributed by atoms with van der Waals surface area (Å²) in [4.78, 5) is 33.5. The largest absolute Gasteiger partial charge is 0.494 e. The van der Waals surface area contributed by atoms with Crippen LogP contribution >= 0.6 is 0 Å². The molecule has 0 radical (unpaired) electrons. The van der Waals surface area contributed by atoms with E-state index in [0.29, 0.717) is 38.4 Å². The Labute approximate surface area is 154 Å². The summed E-state index contributed by atoms with van der Waals surface area (Å²) >= 11 is 0.